The van der Waals surface area contributed by atoms with Crippen LogP contribution in [0.4, 0.5) is 0 Å². The summed E-state index contributed by atoms with van der Waals surface area (Å²) in [5, 5.41) is 7.12. The molecule has 0 spiro atoms. The number of aromatic amines is 1. The number of nitrogens with zero attached hydrogens (tertiary/aromatic N) is 2. The minimum Gasteiger partial charge on any atom is -0.493 e. The lowest BCUT2D eigenvalue weighted by molar-refractivity contribution is 0.354. The maximum absolute atomic E-state index is 5.33. The predicted octanol–water partition coefficient (Wildman–Crippen LogP) is 3.37. The van der Waals surface area contributed by atoms with E-state index in [0.717, 1.165) is 17.0 Å². The topological polar surface area (TPSA) is 64.1 Å². The first-order chi connectivity index (χ1) is 11.7. The molecule has 124 valence electrons. The summed E-state index contributed by atoms with van der Waals surface area (Å²) in [4.78, 5) is 0. The van der Waals surface area contributed by atoms with Crippen molar-refractivity contribution >= 4 is 12.2 Å². The lowest BCUT2D eigenvalue weighted by Crippen LogP contribution is -2.16. The van der Waals surface area contributed by atoms with Crippen LogP contribution in [0, 0.1) is 4.77 Å². The lowest BCUT2D eigenvalue weighted by Gasteiger charge is -2.12. The minimum absolute atomic E-state index is 0.509. The summed E-state index contributed by atoms with van der Waals surface area (Å²) in [6.07, 6.45) is 0. The first-order valence-corrected chi connectivity index (χ1v) is 7.81. The fraction of sp³-hybridized carbons (Fsp3) is 0.176. The number of hydrogen-bond donors (Lipinski definition) is 2. The van der Waals surface area contributed by atoms with Crippen LogP contribution >= 0.6 is 12.2 Å². The van der Waals surface area contributed by atoms with E-state index in [0.29, 0.717) is 22.8 Å². The van der Waals surface area contributed by atoms with Gasteiger partial charge in [0.1, 0.15) is 0 Å². The number of ether oxygens (including phenoxy) is 2. The van der Waals surface area contributed by atoms with Crippen molar-refractivity contribution in [1.29, 1.82) is 0 Å². The second-order valence-electron chi connectivity index (χ2n) is 5.08. The molecule has 0 radical (unpaired) electrons. The Morgan fingerprint density at radius 1 is 1.08 bits per heavy atom. The van der Waals surface area contributed by atoms with Gasteiger partial charge in [0, 0.05) is 5.56 Å². The summed E-state index contributed by atoms with van der Waals surface area (Å²) in [6, 6.07) is 15.6. The molecule has 6 nitrogen and oxygen atoms in total. The highest BCUT2D eigenvalue weighted by Crippen LogP contribution is 2.27. The van der Waals surface area contributed by atoms with E-state index in [-0.39, 0.29) is 0 Å². The van der Waals surface area contributed by atoms with Gasteiger partial charge in [-0.2, -0.15) is 5.10 Å². The molecule has 0 aliphatic heterocycles. The van der Waals surface area contributed by atoms with Gasteiger partial charge in [0.25, 0.3) is 0 Å². The summed E-state index contributed by atoms with van der Waals surface area (Å²) < 4.78 is 12.9. The van der Waals surface area contributed by atoms with Crippen LogP contribution < -0.4 is 14.9 Å². The number of aromatic nitrogens is 3. The van der Waals surface area contributed by atoms with Crippen LogP contribution in [0.1, 0.15) is 5.56 Å². The van der Waals surface area contributed by atoms with Gasteiger partial charge in [-0.25, -0.2) is 9.77 Å². The van der Waals surface area contributed by atoms with E-state index in [4.69, 9.17) is 21.7 Å². The van der Waals surface area contributed by atoms with Crippen LogP contribution in [0.25, 0.3) is 11.4 Å². The molecule has 0 saturated heterocycles. The second-order valence-corrected chi connectivity index (χ2v) is 5.46. The number of methoxy groups -OCH3 is 2. The highest BCUT2D eigenvalue weighted by atomic mass is 32.1. The molecule has 1 aromatic heterocycles. The van der Waals surface area contributed by atoms with Crippen molar-refractivity contribution in [3.63, 3.8) is 0 Å². The fourth-order valence-corrected chi connectivity index (χ4v) is 2.58. The van der Waals surface area contributed by atoms with Crippen LogP contribution in [0.3, 0.4) is 0 Å². The molecule has 0 aliphatic carbocycles. The molecule has 24 heavy (non-hydrogen) atoms. The van der Waals surface area contributed by atoms with E-state index in [1.54, 1.807) is 18.9 Å². The maximum atomic E-state index is 5.33. The van der Waals surface area contributed by atoms with Gasteiger partial charge < -0.3 is 14.9 Å². The van der Waals surface area contributed by atoms with Gasteiger partial charge in [-0.1, -0.05) is 36.4 Å². The van der Waals surface area contributed by atoms with E-state index in [1.165, 1.54) is 0 Å². The van der Waals surface area contributed by atoms with Crippen LogP contribution in [-0.4, -0.2) is 29.1 Å². The summed E-state index contributed by atoms with van der Waals surface area (Å²) in [5.74, 6) is 2.13. The summed E-state index contributed by atoms with van der Waals surface area (Å²) in [7, 11) is 3.24. The minimum atomic E-state index is 0.509. The van der Waals surface area contributed by atoms with Crippen molar-refractivity contribution in [3.05, 3.63) is 58.9 Å². The zero-order valence-corrected chi connectivity index (χ0v) is 14.3. The zero-order valence-electron chi connectivity index (χ0n) is 13.4. The van der Waals surface area contributed by atoms with Gasteiger partial charge >= 0.3 is 0 Å². The third-order valence-electron chi connectivity index (χ3n) is 3.59. The van der Waals surface area contributed by atoms with Crippen molar-refractivity contribution in [2.75, 3.05) is 19.6 Å². The normalized spacial score (nSPS) is 10.4. The molecular formula is C17H18N4O2S. The van der Waals surface area contributed by atoms with Crippen molar-refractivity contribution in [2.45, 2.75) is 6.54 Å². The van der Waals surface area contributed by atoms with Crippen LogP contribution in [0.15, 0.2) is 48.5 Å². The molecule has 3 aromatic rings. The monoisotopic (exact) mass is 342 g/mol. The van der Waals surface area contributed by atoms with Crippen molar-refractivity contribution < 1.29 is 9.47 Å². The van der Waals surface area contributed by atoms with Gasteiger partial charge in [-0.15, -0.1) is 0 Å². The molecule has 7 heteroatoms. The van der Waals surface area contributed by atoms with Crippen LogP contribution in [0.2, 0.25) is 0 Å². The standard InChI is InChI=1S/C17H18N4O2S/c1-22-14-9-8-12(10-15(14)23-2)11-18-21-16(19-20-17(21)24)13-6-4-3-5-7-13/h3-10,18H,11H2,1-2H3,(H,20,24). The number of nitrogens with one attached hydrogen (secondary N) is 2. The first kappa shape index (κ1) is 16.1. The van der Waals surface area contributed by atoms with Gasteiger partial charge in [0.15, 0.2) is 17.3 Å². The van der Waals surface area contributed by atoms with Crippen molar-refractivity contribution in [2.24, 2.45) is 0 Å². The Hall–Kier alpha value is -2.80. The molecule has 2 N–H and O–H groups in total. The van der Waals surface area contributed by atoms with E-state index >= 15 is 0 Å². The Morgan fingerprint density at radius 2 is 1.83 bits per heavy atom. The summed E-state index contributed by atoms with van der Waals surface area (Å²) in [5.41, 5.74) is 5.30. The number of H-pyrrole nitrogens is 1. The highest BCUT2D eigenvalue weighted by Gasteiger charge is 2.09. The predicted molar refractivity (Wildman–Crippen MR) is 95.5 cm³/mol. The molecule has 0 atom stereocenters. The van der Waals surface area contributed by atoms with E-state index in [1.807, 2.05) is 48.5 Å². The average Bonchev–Trinajstić information content (AvgIpc) is 3.01. The molecule has 0 fully saturated rings. The van der Waals surface area contributed by atoms with Crippen LogP contribution in [0.5, 0.6) is 11.5 Å². The Labute approximate surface area is 145 Å². The van der Waals surface area contributed by atoms with Crippen LogP contribution in [-0.2, 0) is 6.54 Å². The van der Waals surface area contributed by atoms with Gasteiger partial charge in [-0.05, 0) is 29.9 Å². The molecule has 1 heterocycles. The third-order valence-corrected chi connectivity index (χ3v) is 3.87. The number of benzene rings is 2. The average molecular weight is 342 g/mol. The van der Waals surface area contributed by atoms with Crippen molar-refractivity contribution in [3.8, 4) is 22.9 Å². The Bertz CT molecular complexity index is 874. The highest BCUT2D eigenvalue weighted by molar-refractivity contribution is 7.71. The molecule has 3 rings (SSSR count). The number of rotatable bonds is 6. The summed E-state index contributed by atoms with van der Waals surface area (Å²) in [6.45, 7) is 0.564. The van der Waals surface area contributed by atoms with E-state index < -0.39 is 0 Å². The largest absolute Gasteiger partial charge is 0.493 e. The van der Waals surface area contributed by atoms with Crippen molar-refractivity contribution in [1.82, 2.24) is 14.9 Å². The quantitative estimate of drug-likeness (QED) is 0.673. The molecule has 0 unspecified atom stereocenters. The zero-order chi connectivity index (χ0) is 16.9. The Kier molecular flexibility index (Phi) is 4.81. The second kappa shape index (κ2) is 7.18. The lowest BCUT2D eigenvalue weighted by atomic mass is 10.2. The fourth-order valence-electron chi connectivity index (χ4n) is 2.39. The smallest absolute Gasteiger partial charge is 0.214 e. The maximum Gasteiger partial charge on any atom is 0.214 e. The van der Waals surface area contributed by atoms with E-state index in [9.17, 15) is 0 Å². The molecule has 0 amide bonds. The van der Waals surface area contributed by atoms with Gasteiger partial charge in [0.05, 0.1) is 20.8 Å². The first-order valence-electron chi connectivity index (χ1n) is 7.40. The molecule has 0 bridgehead atoms. The van der Waals surface area contributed by atoms with Gasteiger partial charge in [0.2, 0.25) is 4.77 Å². The molecule has 2 aromatic carbocycles. The molecular weight excluding hydrogens is 324 g/mol. The number of hydrogen-bond acceptors (Lipinski definition) is 5. The molecule has 0 aliphatic rings. The Morgan fingerprint density at radius 3 is 2.54 bits per heavy atom. The third kappa shape index (κ3) is 3.26. The Balaban J connectivity index is 1.83. The SMILES string of the molecule is COc1ccc(CNn2c(-c3ccccc3)n[nH]c2=S)cc1OC. The molecule has 0 saturated carbocycles. The van der Waals surface area contributed by atoms with Gasteiger partial charge in [-0.3, -0.25) is 0 Å². The van der Waals surface area contributed by atoms with E-state index in [2.05, 4.69) is 15.6 Å². The summed E-state index contributed by atoms with van der Waals surface area (Å²) >= 11 is 5.31.